The number of aryl methyl sites for hydroxylation is 2. The lowest BCUT2D eigenvalue weighted by Gasteiger charge is -2.03. The van der Waals surface area contributed by atoms with Gasteiger partial charge in [0, 0.05) is 6.42 Å². The van der Waals surface area contributed by atoms with Gasteiger partial charge in [-0.1, -0.05) is 36.4 Å². The zero-order valence-electron chi connectivity index (χ0n) is 12.9. The molecule has 0 saturated carbocycles. The van der Waals surface area contributed by atoms with Crippen LogP contribution in [0.25, 0.3) is 11.0 Å². The molecular formula is C18H18N2O3. The summed E-state index contributed by atoms with van der Waals surface area (Å²) in [5.74, 6) is 0.637. The van der Waals surface area contributed by atoms with Crippen molar-refractivity contribution in [2.45, 2.75) is 19.3 Å². The molecule has 0 saturated heterocycles. The van der Waals surface area contributed by atoms with Crippen molar-refractivity contribution in [3.63, 3.8) is 0 Å². The normalized spacial score (nSPS) is 10.8. The fourth-order valence-corrected chi connectivity index (χ4v) is 2.67. The number of hydrogen-bond donors (Lipinski definition) is 2. The van der Waals surface area contributed by atoms with Crippen molar-refractivity contribution in [2.75, 3.05) is 7.11 Å². The zero-order chi connectivity index (χ0) is 16.2. The van der Waals surface area contributed by atoms with E-state index in [1.807, 2.05) is 18.2 Å². The van der Waals surface area contributed by atoms with Crippen molar-refractivity contribution < 1.29 is 14.6 Å². The quantitative estimate of drug-likeness (QED) is 0.734. The van der Waals surface area contributed by atoms with E-state index in [0.717, 1.165) is 24.2 Å². The maximum Gasteiger partial charge on any atom is 0.307 e. The number of benzene rings is 2. The van der Waals surface area contributed by atoms with Gasteiger partial charge in [-0.15, -0.1) is 0 Å². The number of hydrogen-bond acceptors (Lipinski definition) is 3. The van der Waals surface area contributed by atoms with Crippen molar-refractivity contribution in [3.8, 4) is 5.75 Å². The molecule has 5 heteroatoms. The van der Waals surface area contributed by atoms with Gasteiger partial charge in [0.2, 0.25) is 0 Å². The van der Waals surface area contributed by atoms with E-state index in [-0.39, 0.29) is 6.42 Å². The second kappa shape index (κ2) is 6.52. The highest BCUT2D eigenvalue weighted by Crippen LogP contribution is 2.27. The monoisotopic (exact) mass is 310 g/mol. The first-order chi connectivity index (χ1) is 11.2. The Kier molecular flexibility index (Phi) is 4.28. The Morgan fingerprint density at radius 1 is 1.17 bits per heavy atom. The molecule has 0 aliphatic heterocycles. The molecule has 0 bridgehead atoms. The summed E-state index contributed by atoms with van der Waals surface area (Å²) in [5.41, 5.74) is 3.37. The van der Waals surface area contributed by atoms with Crippen LogP contribution in [0.5, 0.6) is 5.75 Å². The number of imidazole rings is 1. The minimum Gasteiger partial charge on any atom is -0.494 e. The molecule has 5 nitrogen and oxygen atoms in total. The summed E-state index contributed by atoms with van der Waals surface area (Å²) in [6, 6.07) is 13.7. The fourth-order valence-electron chi connectivity index (χ4n) is 2.67. The Labute approximate surface area is 133 Å². The van der Waals surface area contributed by atoms with Crippen LogP contribution in [0.15, 0.2) is 42.5 Å². The Bertz CT molecular complexity index is 825. The third-order valence-corrected chi connectivity index (χ3v) is 3.79. The summed E-state index contributed by atoms with van der Waals surface area (Å²) in [6.45, 7) is 0. The lowest BCUT2D eigenvalue weighted by molar-refractivity contribution is -0.136. The average molecular weight is 310 g/mol. The summed E-state index contributed by atoms with van der Waals surface area (Å²) >= 11 is 0. The van der Waals surface area contributed by atoms with Crippen molar-refractivity contribution >= 4 is 17.0 Å². The van der Waals surface area contributed by atoms with E-state index in [4.69, 9.17) is 9.84 Å². The molecule has 2 aromatic carbocycles. The molecule has 0 spiro atoms. The first-order valence-corrected chi connectivity index (χ1v) is 7.47. The number of methoxy groups -OCH3 is 1. The Morgan fingerprint density at radius 2 is 1.96 bits per heavy atom. The molecule has 0 aliphatic carbocycles. The van der Waals surface area contributed by atoms with Crippen molar-refractivity contribution in [3.05, 3.63) is 59.4 Å². The van der Waals surface area contributed by atoms with Crippen LogP contribution in [0.4, 0.5) is 0 Å². The first-order valence-electron chi connectivity index (χ1n) is 7.47. The first kappa shape index (κ1) is 15.1. The van der Waals surface area contributed by atoms with Gasteiger partial charge in [0.15, 0.2) is 0 Å². The van der Waals surface area contributed by atoms with Crippen LogP contribution in [0, 0.1) is 0 Å². The minimum atomic E-state index is -0.870. The van der Waals surface area contributed by atoms with Gasteiger partial charge in [0.05, 0.1) is 19.0 Å². The lowest BCUT2D eigenvalue weighted by atomic mass is 10.1. The summed E-state index contributed by atoms with van der Waals surface area (Å²) in [4.78, 5) is 18.9. The summed E-state index contributed by atoms with van der Waals surface area (Å²) in [6.07, 6.45) is 1.58. The number of carbonyl (C=O) groups is 1. The number of rotatable bonds is 6. The topological polar surface area (TPSA) is 75.2 Å². The van der Waals surface area contributed by atoms with Crippen LogP contribution >= 0.6 is 0 Å². The zero-order valence-corrected chi connectivity index (χ0v) is 12.9. The molecule has 0 fully saturated rings. The van der Waals surface area contributed by atoms with Gasteiger partial charge in [0.1, 0.15) is 17.1 Å². The molecular weight excluding hydrogens is 292 g/mol. The third-order valence-electron chi connectivity index (χ3n) is 3.79. The molecule has 2 N–H and O–H groups in total. The number of nitrogens with one attached hydrogen (secondary N) is 1. The van der Waals surface area contributed by atoms with E-state index in [0.29, 0.717) is 16.8 Å². The van der Waals surface area contributed by atoms with Crippen LogP contribution in [-0.2, 0) is 24.1 Å². The molecule has 23 heavy (non-hydrogen) atoms. The highest BCUT2D eigenvalue weighted by molar-refractivity contribution is 5.88. The van der Waals surface area contributed by atoms with E-state index in [1.54, 1.807) is 19.2 Å². The van der Waals surface area contributed by atoms with Crippen LogP contribution in [0.3, 0.4) is 0 Å². The predicted octanol–water partition coefficient (Wildman–Crippen LogP) is 2.98. The highest BCUT2D eigenvalue weighted by atomic mass is 16.5. The Hall–Kier alpha value is -2.82. The van der Waals surface area contributed by atoms with Crippen molar-refractivity contribution in [2.24, 2.45) is 0 Å². The van der Waals surface area contributed by atoms with E-state index >= 15 is 0 Å². The molecule has 0 unspecified atom stereocenters. The van der Waals surface area contributed by atoms with Crippen LogP contribution in [-0.4, -0.2) is 28.2 Å². The lowest BCUT2D eigenvalue weighted by Crippen LogP contribution is -2.01. The summed E-state index contributed by atoms with van der Waals surface area (Å²) < 4.78 is 5.34. The van der Waals surface area contributed by atoms with Crippen molar-refractivity contribution in [1.29, 1.82) is 0 Å². The summed E-state index contributed by atoms with van der Waals surface area (Å²) in [5, 5.41) is 9.04. The van der Waals surface area contributed by atoms with Gasteiger partial charge in [-0.25, -0.2) is 4.98 Å². The second-order valence-electron chi connectivity index (χ2n) is 5.39. The van der Waals surface area contributed by atoms with Crippen LogP contribution in [0.2, 0.25) is 0 Å². The van der Waals surface area contributed by atoms with Gasteiger partial charge in [0.25, 0.3) is 0 Å². The molecule has 0 amide bonds. The minimum absolute atomic E-state index is 0.0521. The van der Waals surface area contributed by atoms with Gasteiger partial charge in [-0.3, -0.25) is 4.79 Å². The van der Waals surface area contributed by atoms with Crippen molar-refractivity contribution in [1.82, 2.24) is 9.97 Å². The van der Waals surface area contributed by atoms with Gasteiger partial charge in [-0.2, -0.15) is 0 Å². The number of aromatic nitrogens is 2. The SMILES string of the molecule is COc1ccc(CC(=O)O)c2nc(CCc3ccccc3)[nH]c12. The molecule has 1 aromatic heterocycles. The molecule has 118 valence electrons. The maximum absolute atomic E-state index is 11.0. The van der Waals surface area contributed by atoms with Gasteiger partial charge >= 0.3 is 5.97 Å². The Balaban J connectivity index is 1.91. The fraction of sp³-hybridized carbons (Fsp3) is 0.222. The largest absolute Gasteiger partial charge is 0.494 e. The highest BCUT2D eigenvalue weighted by Gasteiger charge is 2.14. The molecule has 3 rings (SSSR count). The van der Waals surface area contributed by atoms with E-state index in [9.17, 15) is 4.79 Å². The summed E-state index contributed by atoms with van der Waals surface area (Å²) in [7, 11) is 1.59. The van der Waals surface area contributed by atoms with E-state index in [1.165, 1.54) is 5.56 Å². The number of aromatic amines is 1. The average Bonchev–Trinajstić information content (AvgIpc) is 2.98. The molecule has 3 aromatic rings. The predicted molar refractivity (Wildman–Crippen MR) is 87.8 cm³/mol. The third kappa shape index (κ3) is 3.34. The van der Waals surface area contributed by atoms with Gasteiger partial charge in [-0.05, 0) is 23.6 Å². The maximum atomic E-state index is 11.0. The molecule has 0 radical (unpaired) electrons. The van der Waals surface area contributed by atoms with E-state index < -0.39 is 5.97 Å². The smallest absolute Gasteiger partial charge is 0.307 e. The van der Waals surface area contributed by atoms with Gasteiger partial charge < -0.3 is 14.8 Å². The number of H-pyrrole nitrogens is 1. The number of aliphatic carboxylic acids is 1. The van der Waals surface area contributed by atoms with E-state index in [2.05, 4.69) is 22.1 Å². The number of carboxylic acids is 1. The number of carboxylic acid groups (broad SMARTS) is 1. The number of nitrogens with zero attached hydrogens (tertiary/aromatic N) is 1. The number of fused-ring (bicyclic) bond motifs is 1. The van der Waals surface area contributed by atoms with Crippen LogP contribution < -0.4 is 4.74 Å². The number of ether oxygens (including phenoxy) is 1. The molecule has 1 heterocycles. The standard InChI is InChI=1S/C18H18N2O3/c1-23-14-9-8-13(11-16(21)22)17-18(14)20-15(19-17)10-7-12-5-3-2-4-6-12/h2-6,8-9H,7,10-11H2,1H3,(H,19,20)(H,21,22). The molecule has 0 aliphatic rings. The second-order valence-corrected chi connectivity index (χ2v) is 5.39. The van der Waals surface area contributed by atoms with Crippen LogP contribution in [0.1, 0.15) is 17.0 Å². The molecule has 0 atom stereocenters. The Morgan fingerprint density at radius 3 is 2.65 bits per heavy atom.